The van der Waals surface area contributed by atoms with Gasteiger partial charge in [-0.15, -0.1) is 12.4 Å². The Morgan fingerprint density at radius 1 is 1.56 bits per heavy atom. The Kier molecular flexibility index (Phi) is 7.72. The maximum atomic E-state index is 11.7. The number of rotatable bonds is 5. The Bertz CT molecular complexity index is 210. The van der Waals surface area contributed by atoms with Crippen LogP contribution in [0.4, 0.5) is 0 Å². The van der Waals surface area contributed by atoms with Crippen LogP contribution in [0, 0.1) is 5.92 Å². The quantitative estimate of drug-likeness (QED) is 0.768. The van der Waals surface area contributed by atoms with Crippen molar-refractivity contribution in [1.82, 2.24) is 5.32 Å². The van der Waals surface area contributed by atoms with Gasteiger partial charge in [-0.05, 0) is 31.7 Å². The van der Waals surface area contributed by atoms with Gasteiger partial charge in [0.15, 0.2) is 0 Å². The van der Waals surface area contributed by atoms with E-state index < -0.39 is 0 Å². The van der Waals surface area contributed by atoms with Gasteiger partial charge in [-0.25, -0.2) is 0 Å². The van der Waals surface area contributed by atoms with Crippen LogP contribution in [0.25, 0.3) is 0 Å². The van der Waals surface area contributed by atoms with Crippen molar-refractivity contribution < 1.29 is 9.53 Å². The lowest BCUT2D eigenvalue weighted by Gasteiger charge is -2.22. The van der Waals surface area contributed by atoms with Gasteiger partial charge < -0.3 is 15.8 Å². The third kappa shape index (κ3) is 3.92. The van der Waals surface area contributed by atoms with Crippen LogP contribution in [0.2, 0.25) is 0 Å². The number of nitrogens with two attached hydrogens (primary N) is 1. The molecule has 1 aliphatic carbocycles. The van der Waals surface area contributed by atoms with Crippen LogP contribution in [0.3, 0.4) is 0 Å². The van der Waals surface area contributed by atoms with E-state index in [0.29, 0.717) is 18.9 Å². The molecule has 96 valence electrons. The van der Waals surface area contributed by atoms with Crippen molar-refractivity contribution >= 4 is 18.3 Å². The maximum absolute atomic E-state index is 11.7. The van der Waals surface area contributed by atoms with Gasteiger partial charge in [-0.2, -0.15) is 0 Å². The zero-order valence-corrected chi connectivity index (χ0v) is 10.9. The van der Waals surface area contributed by atoms with Crippen molar-refractivity contribution in [2.24, 2.45) is 11.7 Å². The molecule has 1 amide bonds. The van der Waals surface area contributed by atoms with Crippen LogP contribution in [0.15, 0.2) is 0 Å². The van der Waals surface area contributed by atoms with Gasteiger partial charge in [-0.1, -0.05) is 13.3 Å². The highest BCUT2D eigenvalue weighted by molar-refractivity contribution is 5.85. The van der Waals surface area contributed by atoms with Crippen molar-refractivity contribution in [1.29, 1.82) is 0 Å². The summed E-state index contributed by atoms with van der Waals surface area (Å²) in [6.07, 6.45) is 3.74. The van der Waals surface area contributed by atoms with Crippen molar-refractivity contribution in [2.75, 3.05) is 13.7 Å². The normalized spacial score (nSPS) is 25.9. The molecule has 0 aromatic rings. The molecular formula is C11H23ClN2O2. The van der Waals surface area contributed by atoms with Crippen LogP contribution in [0.1, 0.15) is 32.6 Å². The summed E-state index contributed by atoms with van der Waals surface area (Å²) in [6, 6.07) is 0.256. The topological polar surface area (TPSA) is 64.3 Å². The van der Waals surface area contributed by atoms with Crippen LogP contribution in [-0.2, 0) is 9.53 Å². The zero-order valence-electron chi connectivity index (χ0n) is 10.1. The Balaban J connectivity index is 0.00000225. The summed E-state index contributed by atoms with van der Waals surface area (Å²) in [7, 11) is 1.57. The molecule has 1 rings (SSSR count). The van der Waals surface area contributed by atoms with E-state index in [9.17, 15) is 4.79 Å². The summed E-state index contributed by atoms with van der Waals surface area (Å²) in [5.41, 5.74) is 5.66. The fraction of sp³-hybridized carbons (Fsp3) is 0.909. The van der Waals surface area contributed by atoms with Gasteiger partial charge in [0.2, 0.25) is 5.91 Å². The molecule has 5 heteroatoms. The molecule has 1 saturated carbocycles. The van der Waals surface area contributed by atoms with Crippen LogP contribution in [-0.4, -0.2) is 31.7 Å². The maximum Gasteiger partial charge on any atom is 0.249 e. The Labute approximate surface area is 104 Å². The standard InChI is InChI=1S/C11H22N2O2.ClH/c1-3-10(15-2)11(14)13-9-6-4-5-8(9)7-12;/h8-10H,3-7,12H2,1-2H3,(H,13,14);1H. The smallest absolute Gasteiger partial charge is 0.249 e. The van der Waals surface area contributed by atoms with Crippen molar-refractivity contribution in [3.05, 3.63) is 0 Å². The molecule has 3 unspecified atom stereocenters. The van der Waals surface area contributed by atoms with Gasteiger partial charge in [0.1, 0.15) is 6.10 Å². The summed E-state index contributed by atoms with van der Waals surface area (Å²) >= 11 is 0. The molecular weight excluding hydrogens is 228 g/mol. The molecule has 0 heterocycles. The molecule has 1 fully saturated rings. The Morgan fingerprint density at radius 2 is 2.25 bits per heavy atom. The number of hydrogen-bond acceptors (Lipinski definition) is 3. The average molecular weight is 251 g/mol. The largest absolute Gasteiger partial charge is 0.372 e. The molecule has 1 aliphatic rings. The lowest BCUT2D eigenvalue weighted by molar-refractivity contribution is -0.132. The second-order valence-electron chi connectivity index (χ2n) is 4.17. The summed E-state index contributed by atoms with van der Waals surface area (Å²) in [5.74, 6) is 0.452. The SMILES string of the molecule is CCC(OC)C(=O)NC1CCCC1CN.Cl. The van der Waals surface area contributed by atoms with Crippen LogP contribution < -0.4 is 11.1 Å². The minimum absolute atomic E-state index is 0. The Morgan fingerprint density at radius 3 is 2.75 bits per heavy atom. The first-order valence-corrected chi connectivity index (χ1v) is 5.76. The first kappa shape index (κ1) is 15.7. The van der Waals surface area contributed by atoms with Crippen molar-refractivity contribution in [3.8, 4) is 0 Å². The van der Waals surface area contributed by atoms with E-state index in [2.05, 4.69) is 5.32 Å². The highest BCUT2D eigenvalue weighted by atomic mass is 35.5. The van der Waals surface area contributed by atoms with Gasteiger partial charge >= 0.3 is 0 Å². The first-order chi connectivity index (χ1) is 7.22. The molecule has 3 N–H and O–H groups in total. The van der Waals surface area contributed by atoms with Gasteiger partial charge in [-0.3, -0.25) is 4.79 Å². The van der Waals surface area contributed by atoms with E-state index >= 15 is 0 Å². The first-order valence-electron chi connectivity index (χ1n) is 5.76. The second kappa shape index (κ2) is 7.87. The fourth-order valence-electron chi connectivity index (χ4n) is 2.24. The van der Waals surface area contributed by atoms with E-state index in [4.69, 9.17) is 10.5 Å². The highest BCUT2D eigenvalue weighted by Crippen LogP contribution is 2.24. The summed E-state index contributed by atoms with van der Waals surface area (Å²) < 4.78 is 5.10. The fourth-order valence-corrected chi connectivity index (χ4v) is 2.24. The molecule has 0 bridgehead atoms. The number of hydrogen-bond donors (Lipinski definition) is 2. The molecule has 0 saturated heterocycles. The number of amides is 1. The molecule has 3 atom stereocenters. The van der Waals surface area contributed by atoms with Gasteiger partial charge in [0.05, 0.1) is 0 Å². The Hall–Kier alpha value is -0.320. The van der Waals surface area contributed by atoms with Crippen molar-refractivity contribution in [2.45, 2.75) is 44.8 Å². The highest BCUT2D eigenvalue weighted by Gasteiger charge is 2.29. The zero-order chi connectivity index (χ0) is 11.3. The van der Waals surface area contributed by atoms with Crippen LogP contribution in [0.5, 0.6) is 0 Å². The summed E-state index contributed by atoms with van der Waals surface area (Å²) in [5, 5.41) is 3.04. The van der Waals surface area contributed by atoms with E-state index in [-0.39, 0.29) is 30.5 Å². The van der Waals surface area contributed by atoms with Gasteiger partial charge in [0, 0.05) is 13.2 Å². The number of ether oxygens (including phenoxy) is 1. The minimum atomic E-state index is -0.316. The van der Waals surface area contributed by atoms with E-state index in [1.807, 2.05) is 6.92 Å². The number of carbonyl (C=O) groups is 1. The molecule has 4 nitrogen and oxygen atoms in total. The molecule has 0 spiro atoms. The van der Waals surface area contributed by atoms with Gasteiger partial charge in [0.25, 0.3) is 0 Å². The number of carbonyl (C=O) groups excluding carboxylic acids is 1. The lowest BCUT2D eigenvalue weighted by Crippen LogP contribution is -2.45. The van der Waals surface area contributed by atoms with Crippen molar-refractivity contribution in [3.63, 3.8) is 0 Å². The summed E-state index contributed by atoms with van der Waals surface area (Å²) in [4.78, 5) is 11.7. The predicted molar refractivity (Wildman–Crippen MR) is 66.7 cm³/mol. The third-order valence-electron chi connectivity index (χ3n) is 3.24. The predicted octanol–water partition coefficient (Wildman–Crippen LogP) is 1.08. The lowest BCUT2D eigenvalue weighted by atomic mass is 10.0. The number of halogens is 1. The molecule has 0 radical (unpaired) electrons. The second-order valence-corrected chi connectivity index (χ2v) is 4.17. The monoisotopic (exact) mass is 250 g/mol. The third-order valence-corrected chi connectivity index (χ3v) is 3.24. The number of methoxy groups -OCH3 is 1. The summed E-state index contributed by atoms with van der Waals surface area (Å²) in [6.45, 7) is 2.61. The van der Waals surface area contributed by atoms with Crippen LogP contribution >= 0.6 is 12.4 Å². The molecule has 0 aliphatic heterocycles. The average Bonchev–Trinajstić information content (AvgIpc) is 2.67. The van der Waals surface area contributed by atoms with E-state index in [0.717, 1.165) is 19.3 Å². The number of nitrogens with one attached hydrogen (secondary N) is 1. The molecule has 0 aromatic carbocycles. The molecule has 0 aromatic heterocycles. The minimum Gasteiger partial charge on any atom is -0.372 e. The molecule has 16 heavy (non-hydrogen) atoms. The van der Waals surface area contributed by atoms with E-state index in [1.165, 1.54) is 0 Å². The van der Waals surface area contributed by atoms with E-state index in [1.54, 1.807) is 7.11 Å².